The lowest BCUT2D eigenvalue weighted by atomic mass is 9.88. The van der Waals surface area contributed by atoms with Crippen LogP contribution in [0.5, 0.6) is 0 Å². The first-order valence-corrected chi connectivity index (χ1v) is 5.45. The Labute approximate surface area is 94.3 Å². The minimum absolute atomic E-state index is 0.0820. The maximum atomic E-state index is 11.4. The molecule has 1 aromatic heterocycles. The van der Waals surface area contributed by atoms with Gasteiger partial charge in [-0.2, -0.15) is 0 Å². The minimum Gasteiger partial charge on any atom is -0.330 e. The first-order chi connectivity index (χ1) is 7.44. The lowest BCUT2D eigenvalue weighted by Gasteiger charge is -2.21. The second-order valence-electron chi connectivity index (χ2n) is 4.77. The Hall–Kier alpha value is -1.36. The van der Waals surface area contributed by atoms with E-state index in [0.29, 0.717) is 13.1 Å². The van der Waals surface area contributed by atoms with Crippen molar-refractivity contribution in [2.45, 2.75) is 33.2 Å². The molecule has 5 heteroatoms. The van der Waals surface area contributed by atoms with Crippen molar-refractivity contribution in [2.75, 3.05) is 6.54 Å². The van der Waals surface area contributed by atoms with Gasteiger partial charge in [0.25, 0.3) is 11.1 Å². The van der Waals surface area contributed by atoms with Gasteiger partial charge in [-0.15, -0.1) is 0 Å². The van der Waals surface area contributed by atoms with Crippen molar-refractivity contribution in [3.63, 3.8) is 0 Å². The SMILES string of the molecule is CC(C)(CN)CCCn1[nH]c(=O)ccc1=O. The van der Waals surface area contributed by atoms with Crippen LogP contribution in [0.3, 0.4) is 0 Å². The van der Waals surface area contributed by atoms with E-state index in [2.05, 4.69) is 18.9 Å². The summed E-state index contributed by atoms with van der Waals surface area (Å²) in [4.78, 5) is 22.4. The molecular formula is C11H19N3O2. The largest absolute Gasteiger partial charge is 0.330 e. The maximum absolute atomic E-state index is 11.4. The van der Waals surface area contributed by atoms with Crippen LogP contribution in [0.1, 0.15) is 26.7 Å². The normalized spacial score (nSPS) is 11.7. The molecule has 0 aromatic carbocycles. The van der Waals surface area contributed by atoms with E-state index in [9.17, 15) is 9.59 Å². The highest BCUT2D eigenvalue weighted by Gasteiger charge is 2.14. The minimum atomic E-state index is -0.252. The fourth-order valence-corrected chi connectivity index (χ4v) is 1.45. The highest BCUT2D eigenvalue weighted by molar-refractivity contribution is 4.85. The van der Waals surface area contributed by atoms with E-state index < -0.39 is 0 Å². The average molecular weight is 225 g/mol. The molecule has 5 nitrogen and oxygen atoms in total. The zero-order valence-corrected chi connectivity index (χ0v) is 9.82. The van der Waals surface area contributed by atoms with Crippen molar-refractivity contribution in [3.05, 3.63) is 32.8 Å². The lowest BCUT2D eigenvalue weighted by molar-refractivity contribution is 0.322. The summed E-state index contributed by atoms with van der Waals surface area (Å²) in [6.45, 7) is 5.32. The summed E-state index contributed by atoms with van der Waals surface area (Å²) in [5, 5.41) is 2.50. The maximum Gasteiger partial charge on any atom is 0.265 e. The van der Waals surface area contributed by atoms with Gasteiger partial charge in [0.2, 0.25) is 0 Å². The quantitative estimate of drug-likeness (QED) is 0.756. The molecule has 0 fully saturated rings. The van der Waals surface area contributed by atoms with Crippen molar-refractivity contribution < 1.29 is 0 Å². The molecule has 1 aromatic rings. The van der Waals surface area contributed by atoms with Gasteiger partial charge in [0, 0.05) is 18.7 Å². The fourth-order valence-electron chi connectivity index (χ4n) is 1.45. The smallest absolute Gasteiger partial charge is 0.265 e. The molecule has 0 unspecified atom stereocenters. The molecule has 0 aliphatic carbocycles. The van der Waals surface area contributed by atoms with Gasteiger partial charge in [0.05, 0.1) is 0 Å². The van der Waals surface area contributed by atoms with Crippen molar-refractivity contribution in [3.8, 4) is 0 Å². The van der Waals surface area contributed by atoms with E-state index in [0.717, 1.165) is 12.8 Å². The number of nitrogens with one attached hydrogen (secondary N) is 1. The number of aromatic amines is 1. The van der Waals surface area contributed by atoms with Crippen LogP contribution in [-0.4, -0.2) is 16.3 Å². The summed E-state index contributed by atoms with van der Waals surface area (Å²) in [5.41, 5.74) is 5.27. The Morgan fingerprint density at radius 3 is 2.69 bits per heavy atom. The van der Waals surface area contributed by atoms with Crippen LogP contribution in [-0.2, 0) is 6.54 Å². The van der Waals surface area contributed by atoms with Gasteiger partial charge in [0.15, 0.2) is 0 Å². The first-order valence-electron chi connectivity index (χ1n) is 5.45. The standard InChI is InChI=1S/C11H19N3O2/c1-11(2,8-12)6-3-7-14-10(16)5-4-9(15)13-14/h4-5H,3,6-8,12H2,1-2H3,(H,13,15). The third kappa shape index (κ3) is 3.66. The summed E-state index contributed by atoms with van der Waals surface area (Å²) in [7, 11) is 0. The predicted octanol–water partition coefficient (Wildman–Crippen LogP) is 0.302. The van der Waals surface area contributed by atoms with Gasteiger partial charge in [0.1, 0.15) is 0 Å². The van der Waals surface area contributed by atoms with Gasteiger partial charge in [-0.05, 0) is 24.8 Å². The van der Waals surface area contributed by atoms with Gasteiger partial charge in [-0.25, -0.2) is 0 Å². The molecule has 0 bridgehead atoms. The summed E-state index contributed by atoms with van der Waals surface area (Å²) < 4.78 is 1.34. The third-order valence-electron chi connectivity index (χ3n) is 2.68. The Morgan fingerprint density at radius 1 is 1.38 bits per heavy atom. The predicted molar refractivity (Wildman–Crippen MR) is 63.4 cm³/mol. The number of aromatic nitrogens is 2. The van der Waals surface area contributed by atoms with Gasteiger partial charge in [-0.1, -0.05) is 13.8 Å². The highest BCUT2D eigenvalue weighted by atomic mass is 16.1. The number of rotatable bonds is 5. The van der Waals surface area contributed by atoms with E-state index in [-0.39, 0.29) is 16.5 Å². The molecule has 0 saturated heterocycles. The molecule has 0 aliphatic rings. The molecule has 0 saturated carbocycles. The zero-order valence-electron chi connectivity index (χ0n) is 9.82. The van der Waals surface area contributed by atoms with E-state index in [1.165, 1.54) is 16.8 Å². The van der Waals surface area contributed by atoms with Crippen LogP contribution in [0.15, 0.2) is 21.7 Å². The zero-order chi connectivity index (χ0) is 12.2. The van der Waals surface area contributed by atoms with Gasteiger partial charge < -0.3 is 5.73 Å². The number of aryl methyl sites for hydroxylation is 1. The second-order valence-corrected chi connectivity index (χ2v) is 4.77. The monoisotopic (exact) mass is 225 g/mol. The molecule has 1 heterocycles. The van der Waals surface area contributed by atoms with Gasteiger partial charge in [-0.3, -0.25) is 19.4 Å². The third-order valence-corrected chi connectivity index (χ3v) is 2.68. The van der Waals surface area contributed by atoms with Crippen molar-refractivity contribution in [1.82, 2.24) is 9.78 Å². The number of hydrogen-bond donors (Lipinski definition) is 2. The Morgan fingerprint density at radius 2 is 2.06 bits per heavy atom. The van der Waals surface area contributed by atoms with E-state index in [4.69, 9.17) is 5.73 Å². The topological polar surface area (TPSA) is 80.9 Å². The molecular weight excluding hydrogens is 206 g/mol. The molecule has 0 spiro atoms. The van der Waals surface area contributed by atoms with Crippen LogP contribution >= 0.6 is 0 Å². The second kappa shape index (κ2) is 5.12. The average Bonchev–Trinajstić information content (AvgIpc) is 2.23. The molecule has 0 atom stereocenters. The molecule has 0 aliphatic heterocycles. The molecule has 0 radical (unpaired) electrons. The first kappa shape index (κ1) is 12.7. The van der Waals surface area contributed by atoms with Crippen LogP contribution < -0.4 is 16.9 Å². The summed E-state index contributed by atoms with van der Waals surface area (Å²) in [5.74, 6) is 0. The Kier molecular flexibility index (Phi) is 4.06. The molecule has 1 rings (SSSR count). The van der Waals surface area contributed by atoms with Crippen LogP contribution in [0, 0.1) is 5.41 Å². The summed E-state index contributed by atoms with van der Waals surface area (Å²) in [6, 6.07) is 2.52. The summed E-state index contributed by atoms with van der Waals surface area (Å²) in [6.07, 6.45) is 1.75. The number of hydrogen-bond acceptors (Lipinski definition) is 3. The van der Waals surface area contributed by atoms with Crippen molar-refractivity contribution >= 4 is 0 Å². The Balaban J connectivity index is 2.59. The van der Waals surface area contributed by atoms with Crippen LogP contribution in [0.4, 0.5) is 0 Å². The van der Waals surface area contributed by atoms with E-state index in [1.807, 2.05) is 0 Å². The fraction of sp³-hybridized carbons (Fsp3) is 0.636. The number of nitrogens with two attached hydrogens (primary N) is 1. The summed E-state index contributed by atoms with van der Waals surface area (Å²) >= 11 is 0. The van der Waals surface area contributed by atoms with Crippen molar-refractivity contribution in [2.24, 2.45) is 11.1 Å². The van der Waals surface area contributed by atoms with Crippen LogP contribution in [0.2, 0.25) is 0 Å². The van der Waals surface area contributed by atoms with Crippen molar-refractivity contribution in [1.29, 1.82) is 0 Å². The Bertz CT molecular complexity index is 445. The molecule has 16 heavy (non-hydrogen) atoms. The molecule has 90 valence electrons. The molecule has 3 N–H and O–H groups in total. The van der Waals surface area contributed by atoms with Gasteiger partial charge >= 0.3 is 0 Å². The highest BCUT2D eigenvalue weighted by Crippen LogP contribution is 2.20. The number of H-pyrrole nitrogens is 1. The van der Waals surface area contributed by atoms with E-state index >= 15 is 0 Å². The lowest BCUT2D eigenvalue weighted by Crippen LogP contribution is -2.29. The van der Waals surface area contributed by atoms with Crippen LogP contribution in [0.25, 0.3) is 0 Å². The molecule has 0 amide bonds. The number of nitrogens with zero attached hydrogens (tertiary/aromatic N) is 1. The van der Waals surface area contributed by atoms with E-state index in [1.54, 1.807) is 0 Å².